The maximum Gasteiger partial charge on any atom is 0.309 e. The predicted molar refractivity (Wildman–Crippen MR) is 82.4 cm³/mol. The highest BCUT2D eigenvalue weighted by atomic mass is 79.9. The third kappa shape index (κ3) is 4.13. The summed E-state index contributed by atoms with van der Waals surface area (Å²) in [6.45, 7) is 1.91. The number of rotatable bonds is 4. The fraction of sp³-hybridized carbons (Fsp3) is 0.133. The third-order valence-electron chi connectivity index (χ3n) is 2.78. The number of carbonyl (C=O) groups is 2. The van der Waals surface area contributed by atoms with Crippen LogP contribution in [0.15, 0.2) is 41.0 Å². The lowest BCUT2D eigenvalue weighted by atomic mass is 10.1. The zero-order valence-corrected chi connectivity index (χ0v) is 12.8. The molecule has 0 aliphatic heterocycles. The Morgan fingerprint density at radius 2 is 2.05 bits per heavy atom. The Labute approximate surface area is 130 Å². The van der Waals surface area contributed by atoms with Crippen LogP contribution in [0.1, 0.15) is 21.6 Å². The topological polar surface area (TPSA) is 79.3 Å². The van der Waals surface area contributed by atoms with Crippen LogP contribution in [0.25, 0.3) is 0 Å². The van der Waals surface area contributed by atoms with E-state index in [-0.39, 0.29) is 12.3 Å². The molecule has 1 amide bonds. The minimum atomic E-state index is -0.942. The average Bonchev–Trinajstić information content (AvgIpc) is 2.43. The van der Waals surface area contributed by atoms with Crippen LogP contribution in [0, 0.1) is 6.92 Å². The number of pyridine rings is 1. The first-order chi connectivity index (χ1) is 9.95. The van der Waals surface area contributed by atoms with Gasteiger partial charge in [-0.2, -0.15) is 0 Å². The second-order valence-corrected chi connectivity index (χ2v) is 5.40. The molecular weight excluding hydrogens is 336 g/mol. The molecule has 0 saturated heterocycles. The van der Waals surface area contributed by atoms with Crippen molar-refractivity contribution < 1.29 is 14.7 Å². The van der Waals surface area contributed by atoms with Crippen molar-refractivity contribution in [2.45, 2.75) is 13.3 Å². The summed E-state index contributed by atoms with van der Waals surface area (Å²) in [5.41, 5.74) is 2.47. The molecule has 6 heteroatoms. The van der Waals surface area contributed by atoms with E-state index >= 15 is 0 Å². The average molecular weight is 349 g/mol. The molecule has 0 aliphatic rings. The number of amides is 1. The van der Waals surface area contributed by atoms with Crippen LogP contribution < -0.4 is 5.32 Å². The van der Waals surface area contributed by atoms with Crippen LogP contribution in [0.4, 0.5) is 5.69 Å². The van der Waals surface area contributed by atoms with Gasteiger partial charge in [-0.15, -0.1) is 0 Å². The van der Waals surface area contributed by atoms with Crippen molar-refractivity contribution in [2.24, 2.45) is 0 Å². The van der Waals surface area contributed by atoms with Crippen molar-refractivity contribution in [3.8, 4) is 0 Å². The molecule has 0 bridgehead atoms. The molecule has 21 heavy (non-hydrogen) atoms. The summed E-state index contributed by atoms with van der Waals surface area (Å²) >= 11 is 3.34. The minimum absolute atomic E-state index is 0.141. The molecule has 1 aromatic carbocycles. The van der Waals surface area contributed by atoms with Crippen LogP contribution in [-0.2, 0) is 11.2 Å². The number of nitrogens with one attached hydrogen (secondary N) is 1. The van der Waals surface area contributed by atoms with Crippen molar-refractivity contribution in [3.63, 3.8) is 0 Å². The molecule has 1 aromatic heterocycles. The van der Waals surface area contributed by atoms with E-state index in [1.807, 2.05) is 19.1 Å². The number of carbonyl (C=O) groups excluding carboxylic acids is 1. The Morgan fingerprint density at radius 1 is 1.29 bits per heavy atom. The van der Waals surface area contributed by atoms with Gasteiger partial charge in [0.25, 0.3) is 5.91 Å². The minimum Gasteiger partial charge on any atom is -0.481 e. The molecule has 0 aliphatic carbocycles. The van der Waals surface area contributed by atoms with E-state index in [9.17, 15) is 9.59 Å². The van der Waals surface area contributed by atoms with E-state index in [1.54, 1.807) is 18.2 Å². The SMILES string of the molecule is Cc1ccc(Br)c(C(=O)Nc2ccc(CC(=O)O)nc2)c1. The van der Waals surface area contributed by atoms with Crippen molar-refractivity contribution >= 4 is 33.5 Å². The number of carboxylic acids is 1. The third-order valence-corrected chi connectivity index (χ3v) is 3.47. The lowest BCUT2D eigenvalue weighted by Gasteiger charge is -2.08. The number of anilines is 1. The van der Waals surface area contributed by atoms with Crippen molar-refractivity contribution in [2.75, 3.05) is 5.32 Å². The van der Waals surface area contributed by atoms with E-state index in [0.29, 0.717) is 21.4 Å². The first-order valence-corrected chi connectivity index (χ1v) is 6.99. The number of benzene rings is 1. The molecule has 2 rings (SSSR count). The van der Waals surface area contributed by atoms with Crippen molar-refractivity contribution in [3.05, 3.63) is 57.8 Å². The van der Waals surface area contributed by atoms with Gasteiger partial charge >= 0.3 is 5.97 Å². The number of halogens is 1. The molecule has 0 unspecified atom stereocenters. The quantitative estimate of drug-likeness (QED) is 0.889. The Morgan fingerprint density at radius 3 is 2.67 bits per heavy atom. The van der Waals surface area contributed by atoms with Gasteiger partial charge < -0.3 is 10.4 Å². The second kappa shape index (κ2) is 6.49. The number of hydrogen-bond donors (Lipinski definition) is 2. The van der Waals surface area contributed by atoms with Crippen LogP contribution in [-0.4, -0.2) is 22.0 Å². The number of hydrogen-bond acceptors (Lipinski definition) is 3. The summed E-state index contributed by atoms with van der Waals surface area (Å²) in [6.07, 6.45) is 1.30. The van der Waals surface area contributed by atoms with E-state index in [2.05, 4.69) is 26.2 Å². The summed E-state index contributed by atoms with van der Waals surface area (Å²) < 4.78 is 0.709. The van der Waals surface area contributed by atoms with Gasteiger partial charge in [-0.25, -0.2) is 0 Å². The lowest BCUT2D eigenvalue weighted by Crippen LogP contribution is -2.13. The Hall–Kier alpha value is -2.21. The molecule has 0 atom stereocenters. The maximum atomic E-state index is 12.2. The number of aryl methyl sites for hydroxylation is 1. The van der Waals surface area contributed by atoms with Gasteiger partial charge in [0, 0.05) is 4.47 Å². The summed E-state index contributed by atoms with van der Waals surface area (Å²) in [7, 11) is 0. The molecule has 2 aromatic rings. The van der Waals surface area contributed by atoms with Gasteiger partial charge in [-0.1, -0.05) is 11.6 Å². The van der Waals surface area contributed by atoms with E-state index in [1.165, 1.54) is 6.20 Å². The Balaban J connectivity index is 2.12. The molecule has 0 radical (unpaired) electrons. The number of nitrogens with zero attached hydrogens (tertiary/aromatic N) is 1. The fourth-order valence-corrected chi connectivity index (χ4v) is 2.20. The fourth-order valence-electron chi connectivity index (χ4n) is 1.77. The van der Waals surface area contributed by atoms with Gasteiger partial charge in [0.05, 0.1) is 29.6 Å². The summed E-state index contributed by atoms with van der Waals surface area (Å²) in [4.78, 5) is 26.8. The van der Waals surface area contributed by atoms with Crippen LogP contribution in [0.3, 0.4) is 0 Å². The van der Waals surface area contributed by atoms with Crippen LogP contribution in [0.5, 0.6) is 0 Å². The zero-order chi connectivity index (χ0) is 15.4. The number of aliphatic carboxylic acids is 1. The second-order valence-electron chi connectivity index (χ2n) is 4.55. The first kappa shape index (κ1) is 15.2. The van der Waals surface area contributed by atoms with E-state index in [0.717, 1.165) is 5.56 Å². The van der Waals surface area contributed by atoms with Gasteiger partial charge in [-0.3, -0.25) is 14.6 Å². The highest BCUT2D eigenvalue weighted by Crippen LogP contribution is 2.19. The van der Waals surface area contributed by atoms with Crippen molar-refractivity contribution in [1.29, 1.82) is 0 Å². The summed E-state index contributed by atoms with van der Waals surface area (Å²) in [5, 5.41) is 11.4. The predicted octanol–water partition coefficient (Wildman–Crippen LogP) is 3.03. The van der Waals surface area contributed by atoms with Crippen molar-refractivity contribution in [1.82, 2.24) is 4.98 Å². The smallest absolute Gasteiger partial charge is 0.309 e. The van der Waals surface area contributed by atoms with Gasteiger partial charge in [0.1, 0.15) is 0 Å². The molecule has 0 spiro atoms. The Kier molecular flexibility index (Phi) is 4.70. The van der Waals surface area contributed by atoms with E-state index < -0.39 is 5.97 Å². The number of carboxylic acid groups (broad SMARTS) is 1. The number of aromatic nitrogens is 1. The molecule has 2 N–H and O–H groups in total. The monoisotopic (exact) mass is 348 g/mol. The zero-order valence-electron chi connectivity index (χ0n) is 11.3. The van der Waals surface area contributed by atoms with Gasteiger partial charge in [0.15, 0.2) is 0 Å². The molecule has 108 valence electrons. The van der Waals surface area contributed by atoms with Gasteiger partial charge in [0.2, 0.25) is 0 Å². The summed E-state index contributed by atoms with van der Waals surface area (Å²) in [6, 6.07) is 8.72. The molecule has 0 fully saturated rings. The highest BCUT2D eigenvalue weighted by Gasteiger charge is 2.11. The molecule has 5 nitrogen and oxygen atoms in total. The first-order valence-electron chi connectivity index (χ1n) is 6.20. The lowest BCUT2D eigenvalue weighted by molar-refractivity contribution is -0.136. The van der Waals surface area contributed by atoms with Gasteiger partial charge in [-0.05, 0) is 47.1 Å². The van der Waals surface area contributed by atoms with Crippen LogP contribution >= 0.6 is 15.9 Å². The largest absolute Gasteiger partial charge is 0.481 e. The standard InChI is InChI=1S/C15H13BrN2O3/c1-9-2-5-13(16)12(6-9)15(21)18-11-4-3-10(17-8-11)7-14(19)20/h2-6,8H,7H2,1H3,(H,18,21)(H,19,20). The molecule has 1 heterocycles. The normalized spacial score (nSPS) is 10.2. The van der Waals surface area contributed by atoms with Crippen LogP contribution in [0.2, 0.25) is 0 Å². The highest BCUT2D eigenvalue weighted by molar-refractivity contribution is 9.10. The molecule has 0 saturated carbocycles. The maximum absolute atomic E-state index is 12.2. The summed E-state index contributed by atoms with van der Waals surface area (Å²) in [5.74, 6) is -1.19. The molecular formula is C15H13BrN2O3. The Bertz CT molecular complexity index is 684. The van der Waals surface area contributed by atoms with E-state index in [4.69, 9.17) is 5.11 Å².